The molecule has 2 heterocycles. The molecule has 7 aliphatic rings. The van der Waals surface area contributed by atoms with Gasteiger partial charge in [0, 0.05) is 55.8 Å². The van der Waals surface area contributed by atoms with E-state index in [4.69, 9.17) is 18.9 Å². The Morgan fingerprint density at radius 2 is 1.97 bits per heavy atom. The van der Waals surface area contributed by atoms with Gasteiger partial charge in [0.05, 0.1) is 37.1 Å². The summed E-state index contributed by atoms with van der Waals surface area (Å²) < 4.78 is 25.0. The number of likely N-dealkylation sites (tertiary alicyclic amines) is 1. The van der Waals surface area contributed by atoms with Crippen molar-refractivity contribution < 1.29 is 34.3 Å². The molecule has 0 amide bonds. The van der Waals surface area contributed by atoms with Crippen LogP contribution in [0, 0.1) is 34.5 Å². The lowest BCUT2D eigenvalue weighted by Gasteiger charge is -2.69. The largest absolute Gasteiger partial charge is 0.393 e. The first-order chi connectivity index (χ1) is 15.4. The number of piperidine rings is 1. The van der Waals surface area contributed by atoms with Crippen molar-refractivity contribution in [1.29, 1.82) is 0 Å². The van der Waals surface area contributed by atoms with Crippen molar-refractivity contribution in [2.24, 2.45) is 34.5 Å². The van der Waals surface area contributed by atoms with E-state index >= 15 is 0 Å². The van der Waals surface area contributed by atoms with Crippen molar-refractivity contribution in [1.82, 2.24) is 4.90 Å². The Labute approximate surface area is 189 Å². The second-order valence-electron chi connectivity index (χ2n) is 11.8. The van der Waals surface area contributed by atoms with Gasteiger partial charge in [-0.25, -0.2) is 0 Å². The number of rotatable bonds is 4. The summed E-state index contributed by atoms with van der Waals surface area (Å²) in [7, 11) is 3.47. The van der Waals surface area contributed by atoms with Gasteiger partial charge >= 0.3 is 0 Å². The van der Waals surface area contributed by atoms with Crippen LogP contribution in [-0.2, 0) is 18.9 Å². The molecule has 2 aliphatic heterocycles. The Kier molecular flexibility index (Phi) is 4.11. The number of hydrogen-bond donors (Lipinski definition) is 3. The highest BCUT2D eigenvalue weighted by molar-refractivity contribution is 5.42. The van der Waals surface area contributed by atoms with Gasteiger partial charge in [-0.2, -0.15) is 0 Å². The molecule has 2 saturated heterocycles. The van der Waals surface area contributed by atoms with Crippen LogP contribution in [0.4, 0.5) is 0 Å². The fraction of sp³-hybridized carbons (Fsp3) is 1.00. The number of likely N-dealkylation sites (N-methyl/N-ethyl adjacent to an activating group) is 1. The fourth-order valence-corrected chi connectivity index (χ4v) is 11.2. The molecule has 13 atom stereocenters. The first kappa shape index (κ1) is 21.0. The van der Waals surface area contributed by atoms with Crippen molar-refractivity contribution >= 4 is 0 Å². The lowest BCUT2D eigenvalue weighted by molar-refractivity contribution is -0.283. The molecule has 0 aromatic carbocycles. The minimum absolute atomic E-state index is 0.0101. The van der Waals surface area contributed by atoms with E-state index in [9.17, 15) is 15.3 Å². The Morgan fingerprint density at radius 3 is 2.69 bits per heavy atom. The van der Waals surface area contributed by atoms with E-state index in [1.54, 1.807) is 14.2 Å². The minimum atomic E-state index is -0.983. The quantitative estimate of drug-likeness (QED) is 0.549. The molecule has 4 unspecified atom stereocenters. The maximum atomic E-state index is 12.3. The SMILES string of the molecule is CCN1C[C@]2(COC)CC[C@H](O)[C@]34C5C[C@H]6[C@H](OC)C5[C@@]5(C[C@@H]6O)OCO[C@]5(C13)[C@@H](O)C24. The average molecular weight is 452 g/mol. The van der Waals surface area contributed by atoms with Crippen LogP contribution < -0.4 is 0 Å². The molecule has 8 nitrogen and oxygen atoms in total. The molecule has 3 N–H and O–H groups in total. The van der Waals surface area contributed by atoms with E-state index in [-0.39, 0.29) is 48.0 Å². The monoisotopic (exact) mass is 451 g/mol. The predicted molar refractivity (Wildman–Crippen MR) is 112 cm³/mol. The van der Waals surface area contributed by atoms with Crippen LogP contribution in [0.5, 0.6) is 0 Å². The summed E-state index contributed by atoms with van der Waals surface area (Å²) in [6, 6.07) is -0.148. The molecule has 5 aliphatic carbocycles. The number of fused-ring (bicyclic) bond motifs is 1. The van der Waals surface area contributed by atoms with Crippen LogP contribution in [0.2, 0.25) is 0 Å². The van der Waals surface area contributed by atoms with Crippen molar-refractivity contribution in [3.05, 3.63) is 0 Å². The normalized spacial score (nSPS) is 64.1. The molecule has 7 rings (SSSR count). The molecule has 7 bridgehead atoms. The number of aliphatic hydroxyl groups is 3. The molecule has 3 spiro atoms. The number of aliphatic hydroxyl groups excluding tert-OH is 3. The molecular weight excluding hydrogens is 414 g/mol. The van der Waals surface area contributed by atoms with E-state index in [0.717, 1.165) is 25.9 Å². The molecule has 180 valence electrons. The highest BCUT2D eigenvalue weighted by Crippen LogP contribution is 2.81. The fourth-order valence-electron chi connectivity index (χ4n) is 11.2. The predicted octanol–water partition coefficient (Wildman–Crippen LogP) is -0.0175. The van der Waals surface area contributed by atoms with Gasteiger partial charge in [-0.05, 0) is 31.7 Å². The van der Waals surface area contributed by atoms with E-state index in [2.05, 4.69) is 11.8 Å². The van der Waals surface area contributed by atoms with Gasteiger partial charge in [-0.1, -0.05) is 6.92 Å². The van der Waals surface area contributed by atoms with E-state index in [1.807, 2.05) is 0 Å². The third-order valence-corrected chi connectivity index (χ3v) is 11.5. The summed E-state index contributed by atoms with van der Waals surface area (Å²) in [6.45, 7) is 4.47. The summed E-state index contributed by atoms with van der Waals surface area (Å²) in [6.07, 6.45) is 0.740. The number of methoxy groups -OCH3 is 2. The van der Waals surface area contributed by atoms with Gasteiger partial charge in [0.15, 0.2) is 0 Å². The van der Waals surface area contributed by atoms with Gasteiger partial charge in [0.2, 0.25) is 0 Å². The zero-order chi connectivity index (χ0) is 22.3. The summed E-state index contributed by atoms with van der Waals surface area (Å²) in [5, 5.41) is 35.6. The second-order valence-corrected chi connectivity index (χ2v) is 11.8. The third kappa shape index (κ3) is 1.79. The minimum Gasteiger partial charge on any atom is -0.393 e. The zero-order valence-electron chi connectivity index (χ0n) is 19.3. The molecule has 0 aromatic rings. The van der Waals surface area contributed by atoms with Crippen LogP contribution in [0.3, 0.4) is 0 Å². The molecule has 32 heavy (non-hydrogen) atoms. The third-order valence-electron chi connectivity index (χ3n) is 11.5. The van der Waals surface area contributed by atoms with E-state index in [0.29, 0.717) is 19.4 Å². The Hall–Kier alpha value is -0.320. The molecule has 0 aromatic heterocycles. The smallest absolute Gasteiger partial charge is 0.148 e. The maximum absolute atomic E-state index is 12.3. The summed E-state index contributed by atoms with van der Waals surface area (Å²) >= 11 is 0. The standard InChI is InChI=1S/C24H37NO7/c1-4-25-9-21(10-29-2)6-5-15(27)23-13-7-12-14(26)8-22(16(13)17(12)30-3)24(20(23)25,32-11-31-22)19(28)18(21)23/h12-20,26-28H,4-11H2,1-3H3/t12-,13?,14+,15+,16?,17+,18?,19+,20?,21+,22-,23+,24+/m1/s1. The van der Waals surface area contributed by atoms with Crippen LogP contribution in [0.15, 0.2) is 0 Å². The Bertz CT molecular complexity index is 828. The van der Waals surface area contributed by atoms with E-state index < -0.39 is 34.9 Å². The van der Waals surface area contributed by atoms with Crippen LogP contribution >= 0.6 is 0 Å². The topological polar surface area (TPSA) is 101 Å². The van der Waals surface area contributed by atoms with Crippen molar-refractivity contribution in [3.63, 3.8) is 0 Å². The Morgan fingerprint density at radius 1 is 1.16 bits per heavy atom. The molecule has 8 heteroatoms. The van der Waals surface area contributed by atoms with Gasteiger partial charge in [0.25, 0.3) is 0 Å². The molecule has 0 radical (unpaired) electrons. The van der Waals surface area contributed by atoms with Gasteiger partial charge in [-0.3, -0.25) is 4.90 Å². The van der Waals surface area contributed by atoms with Gasteiger partial charge < -0.3 is 34.3 Å². The van der Waals surface area contributed by atoms with Crippen LogP contribution in [0.1, 0.15) is 32.6 Å². The highest BCUT2D eigenvalue weighted by Gasteiger charge is 2.93. The van der Waals surface area contributed by atoms with Crippen LogP contribution in [0.25, 0.3) is 0 Å². The summed E-state index contributed by atoms with van der Waals surface area (Å²) in [5.41, 5.74) is -2.56. The number of ether oxygens (including phenoxy) is 4. The molecule has 5 saturated carbocycles. The van der Waals surface area contributed by atoms with Crippen molar-refractivity contribution in [2.45, 2.75) is 74.3 Å². The average Bonchev–Trinajstić information content (AvgIpc) is 3.36. The van der Waals surface area contributed by atoms with Gasteiger partial charge in [0.1, 0.15) is 18.0 Å². The summed E-state index contributed by atoms with van der Waals surface area (Å²) in [5.74, 6) is -0.0230. The second kappa shape index (κ2) is 6.26. The first-order valence-electron chi connectivity index (χ1n) is 12.5. The zero-order valence-corrected chi connectivity index (χ0v) is 19.3. The van der Waals surface area contributed by atoms with Crippen molar-refractivity contribution in [2.75, 3.05) is 40.7 Å². The van der Waals surface area contributed by atoms with Crippen molar-refractivity contribution in [3.8, 4) is 0 Å². The maximum Gasteiger partial charge on any atom is 0.148 e. The number of nitrogens with zero attached hydrogens (tertiary/aromatic N) is 1. The lowest BCUT2D eigenvalue weighted by Crippen LogP contribution is -2.81. The molecular formula is C24H37NO7. The van der Waals surface area contributed by atoms with Crippen LogP contribution in [-0.4, -0.2) is 103 Å². The van der Waals surface area contributed by atoms with E-state index in [1.165, 1.54) is 0 Å². The molecule has 7 fully saturated rings. The number of hydrogen-bond acceptors (Lipinski definition) is 8. The first-order valence-corrected chi connectivity index (χ1v) is 12.5. The lowest BCUT2D eigenvalue weighted by atomic mass is 9.42. The summed E-state index contributed by atoms with van der Waals surface area (Å²) in [4.78, 5) is 2.46. The Balaban J connectivity index is 1.55. The van der Waals surface area contributed by atoms with Gasteiger partial charge in [-0.15, -0.1) is 0 Å². The highest BCUT2D eigenvalue weighted by atomic mass is 16.7.